The van der Waals surface area contributed by atoms with Crippen LogP contribution in [0, 0.1) is 6.92 Å². The molecule has 0 bridgehead atoms. The zero-order valence-corrected chi connectivity index (χ0v) is 18.3. The molecule has 6 nitrogen and oxygen atoms in total. The van der Waals surface area contributed by atoms with Gasteiger partial charge in [0.1, 0.15) is 12.0 Å². The van der Waals surface area contributed by atoms with Crippen LogP contribution in [0.25, 0.3) is 11.5 Å². The van der Waals surface area contributed by atoms with Crippen LogP contribution in [0.2, 0.25) is 0 Å². The molecule has 0 unspecified atom stereocenters. The van der Waals surface area contributed by atoms with Crippen molar-refractivity contribution in [2.24, 2.45) is 4.99 Å². The molecule has 3 rings (SSSR count). The molecule has 7 heteroatoms. The number of guanidine groups is 1. The average Bonchev–Trinajstić information content (AvgIpc) is 3.15. The standard InChI is InChI=1S/C21H24N4O2.HI/c1-3-22-21(23-12-16-6-10-19(26)11-7-16)24-13-18-14-27-20(25-18)17-8-4-15(2)5-9-17;/h4-11,14,26H,3,12-13H2,1-2H3,(H2,22,23,24);1H. The highest BCUT2D eigenvalue weighted by Crippen LogP contribution is 2.19. The Kier molecular flexibility index (Phi) is 8.31. The summed E-state index contributed by atoms with van der Waals surface area (Å²) in [6.07, 6.45) is 1.66. The molecule has 1 heterocycles. The monoisotopic (exact) mass is 492 g/mol. The van der Waals surface area contributed by atoms with Gasteiger partial charge in [0.25, 0.3) is 0 Å². The fourth-order valence-electron chi connectivity index (χ4n) is 2.50. The van der Waals surface area contributed by atoms with Crippen molar-refractivity contribution >= 4 is 29.9 Å². The average molecular weight is 492 g/mol. The zero-order valence-electron chi connectivity index (χ0n) is 16.0. The number of nitrogens with zero attached hydrogens (tertiary/aromatic N) is 2. The largest absolute Gasteiger partial charge is 0.508 e. The molecule has 28 heavy (non-hydrogen) atoms. The second kappa shape index (κ2) is 10.7. The van der Waals surface area contributed by atoms with Crippen molar-refractivity contribution < 1.29 is 9.52 Å². The molecule has 0 atom stereocenters. The summed E-state index contributed by atoms with van der Waals surface area (Å²) in [6.45, 7) is 5.85. The van der Waals surface area contributed by atoms with Gasteiger partial charge >= 0.3 is 0 Å². The molecule has 0 spiro atoms. The Bertz CT molecular complexity index is 890. The summed E-state index contributed by atoms with van der Waals surface area (Å²) in [7, 11) is 0. The minimum absolute atomic E-state index is 0. The number of aliphatic imine (C=N–C) groups is 1. The van der Waals surface area contributed by atoms with Gasteiger partial charge in [0, 0.05) is 12.1 Å². The molecule has 1 aromatic heterocycles. The number of hydrogen-bond acceptors (Lipinski definition) is 4. The lowest BCUT2D eigenvalue weighted by molar-refractivity contribution is 0.475. The number of aromatic nitrogens is 1. The molecule has 0 aliphatic heterocycles. The van der Waals surface area contributed by atoms with Crippen molar-refractivity contribution in [3.8, 4) is 17.2 Å². The summed E-state index contributed by atoms with van der Waals surface area (Å²) in [5.41, 5.74) is 3.99. The van der Waals surface area contributed by atoms with Gasteiger partial charge < -0.3 is 20.2 Å². The number of hydrogen-bond donors (Lipinski definition) is 3. The van der Waals surface area contributed by atoms with E-state index in [1.165, 1.54) is 5.56 Å². The Hall–Kier alpha value is -2.55. The summed E-state index contributed by atoms with van der Waals surface area (Å²) in [6, 6.07) is 15.1. The van der Waals surface area contributed by atoms with Crippen LogP contribution >= 0.6 is 24.0 Å². The fourth-order valence-corrected chi connectivity index (χ4v) is 2.50. The summed E-state index contributed by atoms with van der Waals surface area (Å²) in [5.74, 6) is 1.56. The fraction of sp³-hybridized carbons (Fsp3) is 0.238. The second-order valence-corrected chi connectivity index (χ2v) is 6.23. The van der Waals surface area contributed by atoms with E-state index in [1.807, 2.05) is 43.3 Å². The van der Waals surface area contributed by atoms with Crippen molar-refractivity contribution in [2.75, 3.05) is 6.54 Å². The molecule has 0 aliphatic rings. The third-order valence-corrected chi connectivity index (χ3v) is 3.99. The molecule has 0 fully saturated rings. The van der Waals surface area contributed by atoms with Crippen molar-refractivity contribution in [1.82, 2.24) is 15.6 Å². The molecule has 3 N–H and O–H groups in total. The highest BCUT2D eigenvalue weighted by molar-refractivity contribution is 14.0. The van der Waals surface area contributed by atoms with Gasteiger partial charge in [-0.25, -0.2) is 9.98 Å². The minimum Gasteiger partial charge on any atom is -0.508 e. The lowest BCUT2D eigenvalue weighted by Crippen LogP contribution is -2.36. The normalized spacial score (nSPS) is 11.0. The molecule has 2 aromatic carbocycles. The summed E-state index contributed by atoms with van der Waals surface area (Å²) >= 11 is 0. The van der Waals surface area contributed by atoms with Crippen LogP contribution < -0.4 is 10.6 Å². The molecule has 3 aromatic rings. The minimum atomic E-state index is 0. The van der Waals surface area contributed by atoms with Gasteiger partial charge in [-0.1, -0.05) is 29.8 Å². The van der Waals surface area contributed by atoms with Gasteiger partial charge in [-0.2, -0.15) is 0 Å². The van der Waals surface area contributed by atoms with Gasteiger partial charge in [-0.3, -0.25) is 0 Å². The highest BCUT2D eigenvalue weighted by atomic mass is 127. The first-order valence-electron chi connectivity index (χ1n) is 8.95. The van der Waals surface area contributed by atoms with E-state index in [1.54, 1.807) is 18.4 Å². The maximum absolute atomic E-state index is 9.35. The molecule has 0 amide bonds. The van der Waals surface area contributed by atoms with Gasteiger partial charge in [-0.15, -0.1) is 24.0 Å². The first kappa shape index (κ1) is 21.7. The van der Waals surface area contributed by atoms with Crippen molar-refractivity contribution in [3.63, 3.8) is 0 Å². The second-order valence-electron chi connectivity index (χ2n) is 6.23. The molecule has 0 radical (unpaired) electrons. The molecule has 0 saturated heterocycles. The van der Waals surface area contributed by atoms with Gasteiger partial charge in [0.15, 0.2) is 5.96 Å². The molecule has 0 aliphatic carbocycles. The lowest BCUT2D eigenvalue weighted by Gasteiger charge is -2.10. The number of benzene rings is 2. The number of oxazole rings is 1. The predicted octanol–water partition coefficient (Wildman–Crippen LogP) is 4.23. The number of aromatic hydroxyl groups is 1. The van der Waals surface area contributed by atoms with E-state index in [4.69, 9.17) is 4.42 Å². The Morgan fingerprint density at radius 3 is 2.46 bits per heavy atom. The van der Waals surface area contributed by atoms with E-state index < -0.39 is 0 Å². The van der Waals surface area contributed by atoms with Crippen LogP contribution in [0.1, 0.15) is 23.7 Å². The Morgan fingerprint density at radius 1 is 1.07 bits per heavy atom. The van der Waals surface area contributed by atoms with Crippen LogP contribution in [-0.4, -0.2) is 22.6 Å². The SMILES string of the molecule is CCNC(=NCc1ccc(O)cc1)NCc1coc(-c2ccc(C)cc2)n1.I. The summed E-state index contributed by atoms with van der Waals surface area (Å²) in [5, 5.41) is 15.8. The quantitative estimate of drug-likeness (QED) is 0.273. The third-order valence-electron chi connectivity index (χ3n) is 3.99. The lowest BCUT2D eigenvalue weighted by atomic mass is 10.1. The van der Waals surface area contributed by atoms with E-state index in [9.17, 15) is 5.11 Å². The number of phenols is 1. The summed E-state index contributed by atoms with van der Waals surface area (Å²) < 4.78 is 5.59. The van der Waals surface area contributed by atoms with E-state index in [0.29, 0.717) is 24.9 Å². The Balaban J connectivity index is 0.00000280. The van der Waals surface area contributed by atoms with Gasteiger partial charge in [0.2, 0.25) is 5.89 Å². The van der Waals surface area contributed by atoms with Crippen LogP contribution in [0.3, 0.4) is 0 Å². The molecular weight excluding hydrogens is 467 g/mol. The highest BCUT2D eigenvalue weighted by Gasteiger charge is 2.07. The van der Waals surface area contributed by atoms with Crippen LogP contribution in [0.4, 0.5) is 0 Å². The topological polar surface area (TPSA) is 82.7 Å². The maximum atomic E-state index is 9.35. The predicted molar refractivity (Wildman–Crippen MR) is 122 cm³/mol. The molecule has 148 valence electrons. The van der Waals surface area contributed by atoms with Crippen molar-refractivity contribution in [3.05, 3.63) is 71.6 Å². The number of nitrogens with one attached hydrogen (secondary N) is 2. The van der Waals surface area contributed by atoms with Crippen LogP contribution in [0.5, 0.6) is 5.75 Å². The van der Waals surface area contributed by atoms with E-state index in [2.05, 4.69) is 27.5 Å². The van der Waals surface area contributed by atoms with Gasteiger partial charge in [-0.05, 0) is 43.7 Å². The van der Waals surface area contributed by atoms with E-state index in [0.717, 1.165) is 23.4 Å². The molecule has 0 saturated carbocycles. The first-order valence-corrected chi connectivity index (χ1v) is 8.95. The van der Waals surface area contributed by atoms with Crippen molar-refractivity contribution in [1.29, 1.82) is 0 Å². The first-order chi connectivity index (χ1) is 13.1. The summed E-state index contributed by atoms with van der Waals surface area (Å²) in [4.78, 5) is 9.09. The number of halogens is 1. The van der Waals surface area contributed by atoms with Gasteiger partial charge in [0.05, 0.1) is 18.8 Å². The molecular formula is C21H25IN4O2. The number of rotatable bonds is 6. The number of phenolic OH excluding ortho intramolecular Hbond substituents is 1. The van der Waals surface area contributed by atoms with Crippen LogP contribution in [-0.2, 0) is 13.1 Å². The Labute approximate surface area is 182 Å². The number of aryl methyl sites for hydroxylation is 1. The van der Waals surface area contributed by atoms with E-state index >= 15 is 0 Å². The van der Waals surface area contributed by atoms with E-state index in [-0.39, 0.29) is 29.7 Å². The maximum Gasteiger partial charge on any atom is 0.226 e. The Morgan fingerprint density at radius 2 is 1.79 bits per heavy atom. The zero-order chi connectivity index (χ0) is 19.1. The third kappa shape index (κ3) is 6.26. The van der Waals surface area contributed by atoms with Crippen LogP contribution in [0.15, 0.2) is 64.2 Å². The van der Waals surface area contributed by atoms with Crippen molar-refractivity contribution in [2.45, 2.75) is 26.9 Å². The smallest absolute Gasteiger partial charge is 0.226 e.